The van der Waals surface area contributed by atoms with Gasteiger partial charge in [-0.3, -0.25) is 9.69 Å². The quantitative estimate of drug-likeness (QED) is 0.564. The van der Waals surface area contributed by atoms with E-state index in [2.05, 4.69) is 0 Å². The Labute approximate surface area is 209 Å². The van der Waals surface area contributed by atoms with Crippen LogP contribution in [0.25, 0.3) is 0 Å². The highest BCUT2D eigenvalue weighted by Gasteiger charge is 2.54. The molecule has 2 saturated heterocycles. The van der Waals surface area contributed by atoms with E-state index in [1.165, 1.54) is 4.90 Å². The number of hydrogen-bond acceptors (Lipinski definition) is 4. The molecule has 5 rings (SSSR count). The lowest BCUT2D eigenvalue weighted by molar-refractivity contribution is -0.152. The van der Waals surface area contributed by atoms with Crippen LogP contribution in [0.2, 0.25) is 0 Å². The number of likely N-dealkylation sites (tertiary alicyclic amines) is 1. The van der Waals surface area contributed by atoms with Gasteiger partial charge in [-0.2, -0.15) is 0 Å². The van der Waals surface area contributed by atoms with Gasteiger partial charge < -0.3 is 14.7 Å². The molecular weight excluding hydrogens is 456 g/mol. The van der Waals surface area contributed by atoms with Gasteiger partial charge in [-0.15, -0.1) is 0 Å². The van der Waals surface area contributed by atoms with Crippen molar-refractivity contribution in [3.63, 3.8) is 0 Å². The number of aliphatic carboxylic acids is 1. The van der Waals surface area contributed by atoms with Gasteiger partial charge in [0.2, 0.25) is 5.91 Å². The van der Waals surface area contributed by atoms with Gasteiger partial charge in [-0.05, 0) is 29.5 Å². The largest absolute Gasteiger partial charge is 0.480 e. The summed E-state index contributed by atoms with van der Waals surface area (Å²) >= 11 is 0. The van der Waals surface area contributed by atoms with E-state index >= 15 is 0 Å². The lowest BCUT2D eigenvalue weighted by Crippen LogP contribution is -2.65. The molecule has 2 fully saturated rings. The SMILES string of the molecule is O=C(O)[C@H]1[C@@H]2CC[C@H](CN1C(=O)OCc1ccccc1)N2C(=O)C(c1ccccc1)c1ccccc1. The summed E-state index contributed by atoms with van der Waals surface area (Å²) in [4.78, 5) is 42.5. The number of carboxylic acid groups (broad SMARTS) is 1. The van der Waals surface area contributed by atoms with Crippen molar-refractivity contribution in [2.24, 2.45) is 0 Å². The molecule has 0 radical (unpaired) electrons. The van der Waals surface area contributed by atoms with Crippen molar-refractivity contribution >= 4 is 18.0 Å². The third kappa shape index (κ3) is 4.56. The average Bonchev–Trinajstić information content (AvgIpc) is 3.21. The number of piperazine rings is 1. The van der Waals surface area contributed by atoms with Crippen molar-refractivity contribution in [2.45, 2.75) is 43.5 Å². The standard InChI is InChI=1S/C29H28N2O5/c32-27(25(21-12-6-2-7-13-21)22-14-8-3-9-15-22)31-23-16-17-24(31)26(28(33)34)30(18-23)29(35)36-19-20-10-4-1-5-11-20/h1-15,23-26H,16-19H2,(H,33,34)/t23-,24+,26-/m1/s1. The van der Waals surface area contributed by atoms with Crippen LogP contribution in [-0.4, -0.2) is 57.5 Å². The molecule has 0 spiro atoms. The van der Waals surface area contributed by atoms with E-state index in [-0.39, 0.29) is 25.1 Å². The molecule has 3 aromatic carbocycles. The molecule has 2 aliphatic heterocycles. The Kier molecular flexibility index (Phi) is 6.71. The first kappa shape index (κ1) is 23.6. The zero-order valence-corrected chi connectivity index (χ0v) is 19.8. The number of amides is 2. The predicted octanol–water partition coefficient (Wildman–Crippen LogP) is 4.28. The zero-order chi connectivity index (χ0) is 25.1. The number of carbonyl (C=O) groups is 3. The molecule has 7 heteroatoms. The van der Waals surface area contributed by atoms with E-state index in [1.807, 2.05) is 91.0 Å². The highest BCUT2D eigenvalue weighted by atomic mass is 16.6. The third-order valence-corrected chi connectivity index (χ3v) is 7.11. The summed E-state index contributed by atoms with van der Waals surface area (Å²) in [5.41, 5.74) is 2.53. The summed E-state index contributed by atoms with van der Waals surface area (Å²) in [6.07, 6.45) is 0.489. The first-order valence-corrected chi connectivity index (χ1v) is 12.2. The maximum absolute atomic E-state index is 14.1. The fourth-order valence-electron chi connectivity index (χ4n) is 5.50. The van der Waals surface area contributed by atoms with E-state index in [1.54, 1.807) is 4.90 Å². The molecule has 2 aliphatic rings. The van der Waals surface area contributed by atoms with Crippen molar-refractivity contribution in [2.75, 3.05) is 6.54 Å². The summed E-state index contributed by atoms with van der Waals surface area (Å²) < 4.78 is 5.47. The fraction of sp³-hybridized carbons (Fsp3) is 0.276. The second-order valence-corrected chi connectivity index (χ2v) is 9.27. The Morgan fingerprint density at radius 2 is 1.39 bits per heavy atom. The number of rotatable bonds is 6. The molecule has 2 bridgehead atoms. The lowest BCUT2D eigenvalue weighted by atomic mass is 9.88. The Hall–Kier alpha value is -4.13. The van der Waals surface area contributed by atoms with Crippen LogP contribution in [0.5, 0.6) is 0 Å². The minimum absolute atomic E-state index is 0.0601. The van der Waals surface area contributed by atoms with Gasteiger partial charge in [0.15, 0.2) is 6.04 Å². The highest BCUT2D eigenvalue weighted by molar-refractivity contribution is 5.90. The maximum Gasteiger partial charge on any atom is 0.410 e. The molecule has 2 heterocycles. The number of fused-ring (bicyclic) bond motifs is 2. The first-order valence-electron chi connectivity index (χ1n) is 12.2. The maximum atomic E-state index is 14.1. The molecule has 0 saturated carbocycles. The van der Waals surface area contributed by atoms with Gasteiger partial charge in [0, 0.05) is 12.6 Å². The summed E-state index contributed by atoms with van der Waals surface area (Å²) in [6, 6.07) is 26.3. The van der Waals surface area contributed by atoms with E-state index in [4.69, 9.17) is 4.74 Å². The molecule has 3 aromatic rings. The molecular formula is C29H28N2O5. The van der Waals surface area contributed by atoms with Crippen molar-refractivity contribution in [1.82, 2.24) is 9.80 Å². The summed E-state index contributed by atoms with van der Waals surface area (Å²) in [7, 11) is 0. The van der Waals surface area contributed by atoms with Gasteiger partial charge >= 0.3 is 12.1 Å². The molecule has 184 valence electrons. The molecule has 2 amide bonds. The molecule has 1 N–H and O–H groups in total. The molecule has 3 atom stereocenters. The summed E-state index contributed by atoms with van der Waals surface area (Å²) in [5.74, 6) is -1.82. The molecule has 0 aromatic heterocycles. The highest BCUT2D eigenvalue weighted by Crippen LogP contribution is 2.39. The number of benzene rings is 3. The molecule has 0 unspecified atom stereocenters. The minimum Gasteiger partial charge on any atom is -0.480 e. The van der Waals surface area contributed by atoms with E-state index in [0.717, 1.165) is 16.7 Å². The normalized spacial score (nSPS) is 20.9. The number of carboxylic acids is 1. The van der Waals surface area contributed by atoms with Crippen LogP contribution in [-0.2, 0) is 20.9 Å². The van der Waals surface area contributed by atoms with Crippen LogP contribution in [0.3, 0.4) is 0 Å². The van der Waals surface area contributed by atoms with Gasteiger partial charge in [0.1, 0.15) is 6.61 Å². The van der Waals surface area contributed by atoms with Crippen molar-refractivity contribution in [3.8, 4) is 0 Å². The van der Waals surface area contributed by atoms with Crippen LogP contribution in [0.4, 0.5) is 4.79 Å². The van der Waals surface area contributed by atoms with Crippen LogP contribution < -0.4 is 0 Å². The predicted molar refractivity (Wildman–Crippen MR) is 133 cm³/mol. The van der Waals surface area contributed by atoms with Gasteiger partial charge in [0.05, 0.1) is 12.0 Å². The third-order valence-electron chi connectivity index (χ3n) is 7.11. The monoisotopic (exact) mass is 484 g/mol. The van der Waals surface area contributed by atoms with Crippen LogP contribution >= 0.6 is 0 Å². The summed E-state index contributed by atoms with van der Waals surface area (Å²) in [5, 5.41) is 10.1. The van der Waals surface area contributed by atoms with Crippen LogP contribution in [0, 0.1) is 0 Å². The Balaban J connectivity index is 1.41. The van der Waals surface area contributed by atoms with Crippen molar-refractivity contribution in [1.29, 1.82) is 0 Å². The topological polar surface area (TPSA) is 87.2 Å². The number of hydrogen-bond donors (Lipinski definition) is 1. The van der Waals surface area contributed by atoms with Crippen LogP contribution in [0.1, 0.15) is 35.4 Å². The first-order chi connectivity index (χ1) is 17.5. The number of ether oxygens (including phenoxy) is 1. The second kappa shape index (κ2) is 10.2. The van der Waals surface area contributed by atoms with E-state index < -0.39 is 30.1 Å². The van der Waals surface area contributed by atoms with E-state index in [9.17, 15) is 19.5 Å². The van der Waals surface area contributed by atoms with Crippen molar-refractivity contribution in [3.05, 3.63) is 108 Å². The Bertz CT molecular complexity index is 1180. The Morgan fingerprint density at radius 1 is 0.833 bits per heavy atom. The van der Waals surface area contributed by atoms with Crippen molar-refractivity contribution < 1.29 is 24.2 Å². The Morgan fingerprint density at radius 3 is 1.94 bits per heavy atom. The smallest absolute Gasteiger partial charge is 0.410 e. The average molecular weight is 485 g/mol. The molecule has 36 heavy (non-hydrogen) atoms. The lowest BCUT2D eigenvalue weighted by Gasteiger charge is -2.45. The number of carbonyl (C=O) groups excluding carboxylic acids is 2. The number of nitrogens with zero attached hydrogens (tertiary/aromatic N) is 2. The fourth-order valence-corrected chi connectivity index (χ4v) is 5.50. The molecule has 0 aliphatic carbocycles. The zero-order valence-electron chi connectivity index (χ0n) is 19.8. The molecule has 7 nitrogen and oxygen atoms in total. The van der Waals surface area contributed by atoms with E-state index in [0.29, 0.717) is 12.8 Å². The van der Waals surface area contributed by atoms with Crippen LogP contribution in [0.15, 0.2) is 91.0 Å². The van der Waals surface area contributed by atoms with Gasteiger partial charge in [-0.25, -0.2) is 9.59 Å². The second-order valence-electron chi connectivity index (χ2n) is 9.27. The summed E-state index contributed by atoms with van der Waals surface area (Å²) in [6.45, 7) is 0.188. The van der Waals surface area contributed by atoms with Gasteiger partial charge in [-0.1, -0.05) is 91.0 Å². The minimum atomic E-state index is -1.16. The van der Waals surface area contributed by atoms with Gasteiger partial charge in [0.25, 0.3) is 0 Å².